The van der Waals surface area contributed by atoms with Crippen molar-refractivity contribution in [3.63, 3.8) is 0 Å². The Bertz CT molecular complexity index is 523. The Hall–Kier alpha value is -2.04. The molecule has 0 bridgehead atoms. The minimum atomic E-state index is -1.05. The smallest absolute Gasteiger partial charge is 0.324 e. The first-order valence-electron chi connectivity index (χ1n) is 9.82. The summed E-state index contributed by atoms with van der Waals surface area (Å²) >= 11 is 0. The molecule has 0 N–H and O–H groups in total. The van der Waals surface area contributed by atoms with Gasteiger partial charge in [-0.2, -0.15) is 0 Å². The molecular weight excluding hydrogens is 344 g/mol. The van der Waals surface area contributed by atoms with Gasteiger partial charge < -0.3 is 4.74 Å². The molecule has 0 aromatic carbocycles. The van der Waals surface area contributed by atoms with Gasteiger partial charge in [0.2, 0.25) is 0 Å². The van der Waals surface area contributed by atoms with Gasteiger partial charge in [0.1, 0.15) is 11.8 Å². The fraction of sp³-hybridized carbons (Fsp3) is 0.636. The van der Waals surface area contributed by atoms with Crippen LogP contribution in [0.3, 0.4) is 0 Å². The number of ketones is 2. The number of allylic oxidation sites excluding steroid dienone is 2. The fourth-order valence-electron chi connectivity index (χ4n) is 2.75. The molecule has 0 aromatic heterocycles. The van der Waals surface area contributed by atoms with Crippen molar-refractivity contribution < 1.29 is 23.9 Å². The molecule has 0 amide bonds. The predicted octanol–water partition coefficient (Wildman–Crippen LogP) is 4.74. The Morgan fingerprint density at radius 1 is 0.704 bits per heavy atom. The van der Waals surface area contributed by atoms with Crippen LogP contribution in [0.25, 0.3) is 0 Å². The number of ether oxygens (including phenoxy) is 1. The molecule has 2 unspecified atom stereocenters. The highest BCUT2D eigenvalue weighted by atomic mass is 16.6. The number of esters is 2. The van der Waals surface area contributed by atoms with Crippen molar-refractivity contribution in [2.24, 2.45) is 11.8 Å². The molecule has 0 fully saturated rings. The average molecular weight is 379 g/mol. The van der Waals surface area contributed by atoms with Crippen molar-refractivity contribution in [2.75, 3.05) is 0 Å². The molecule has 0 aliphatic rings. The normalized spacial score (nSPS) is 12.7. The van der Waals surface area contributed by atoms with Crippen molar-refractivity contribution in [1.82, 2.24) is 0 Å². The van der Waals surface area contributed by atoms with Gasteiger partial charge >= 0.3 is 11.9 Å². The molecule has 2 atom stereocenters. The van der Waals surface area contributed by atoms with E-state index in [0.29, 0.717) is 25.7 Å². The lowest BCUT2D eigenvalue weighted by atomic mass is 9.92. The zero-order chi connectivity index (χ0) is 21.0. The number of carbonyl (C=O) groups is 4. The monoisotopic (exact) mass is 378 g/mol. The number of rotatable bonds is 14. The number of hydrogen-bond acceptors (Lipinski definition) is 5. The molecule has 0 saturated heterocycles. The van der Waals surface area contributed by atoms with Crippen LogP contribution >= 0.6 is 0 Å². The molecule has 27 heavy (non-hydrogen) atoms. The van der Waals surface area contributed by atoms with Crippen LogP contribution in [0.1, 0.15) is 79.1 Å². The topological polar surface area (TPSA) is 77.5 Å². The largest absolute Gasteiger partial charge is 0.392 e. The van der Waals surface area contributed by atoms with E-state index in [2.05, 4.69) is 13.2 Å². The lowest BCUT2D eigenvalue weighted by molar-refractivity contribution is -0.166. The molecule has 0 radical (unpaired) electrons. The first-order valence-corrected chi connectivity index (χ1v) is 9.82. The fourth-order valence-corrected chi connectivity index (χ4v) is 2.75. The molecular formula is C22H34O5. The molecule has 5 heteroatoms. The standard InChI is InChI=1S/C22H34O5/c1-7-9-11-13-17(19(23)15(3)4)21(25)27-22(26)18(14-12-10-8-2)20(24)16(5)6/h17-18H,3,5,7-14H2,1-2,4,6H3. The number of Topliss-reactive ketones (excluding diaryl/α,β-unsaturated/α-hetero) is 2. The Kier molecular flexibility index (Phi) is 12.2. The zero-order valence-electron chi connectivity index (χ0n) is 17.3. The van der Waals surface area contributed by atoms with Crippen LogP contribution < -0.4 is 0 Å². The van der Waals surface area contributed by atoms with Gasteiger partial charge in [0, 0.05) is 0 Å². The number of carbonyl (C=O) groups excluding carboxylic acids is 4. The summed E-state index contributed by atoms with van der Waals surface area (Å²) < 4.78 is 4.98. The molecule has 0 heterocycles. The van der Waals surface area contributed by atoms with Crippen LogP contribution in [0.2, 0.25) is 0 Å². The van der Waals surface area contributed by atoms with Crippen molar-refractivity contribution in [1.29, 1.82) is 0 Å². The summed E-state index contributed by atoms with van der Waals surface area (Å²) in [7, 11) is 0. The quantitative estimate of drug-likeness (QED) is 0.189. The van der Waals surface area contributed by atoms with Crippen molar-refractivity contribution in [2.45, 2.75) is 79.1 Å². The van der Waals surface area contributed by atoms with Gasteiger partial charge in [-0.15, -0.1) is 0 Å². The van der Waals surface area contributed by atoms with Crippen molar-refractivity contribution >= 4 is 23.5 Å². The maximum atomic E-state index is 12.5. The van der Waals surface area contributed by atoms with Crippen molar-refractivity contribution in [3.8, 4) is 0 Å². The molecule has 0 rings (SSSR count). The highest BCUT2D eigenvalue weighted by molar-refractivity contribution is 6.12. The van der Waals surface area contributed by atoms with E-state index in [-0.39, 0.29) is 11.1 Å². The van der Waals surface area contributed by atoms with E-state index in [0.717, 1.165) is 25.7 Å². The highest BCUT2D eigenvalue weighted by Crippen LogP contribution is 2.20. The summed E-state index contributed by atoms with van der Waals surface area (Å²) in [5.41, 5.74) is 0.497. The third-order valence-electron chi connectivity index (χ3n) is 4.44. The van der Waals surface area contributed by atoms with E-state index in [4.69, 9.17) is 4.74 Å². The summed E-state index contributed by atoms with van der Waals surface area (Å²) in [5, 5.41) is 0. The summed E-state index contributed by atoms with van der Waals surface area (Å²) in [6, 6.07) is 0. The van der Waals surface area contributed by atoms with Gasteiger partial charge in [-0.1, -0.05) is 65.5 Å². The van der Waals surface area contributed by atoms with Gasteiger partial charge in [-0.3, -0.25) is 19.2 Å². The third-order valence-corrected chi connectivity index (χ3v) is 4.44. The van der Waals surface area contributed by atoms with E-state index < -0.39 is 35.3 Å². The molecule has 0 spiro atoms. The van der Waals surface area contributed by atoms with E-state index in [9.17, 15) is 19.2 Å². The molecule has 5 nitrogen and oxygen atoms in total. The van der Waals surface area contributed by atoms with Crippen LogP contribution in [-0.4, -0.2) is 23.5 Å². The second-order valence-electron chi connectivity index (χ2n) is 7.13. The van der Waals surface area contributed by atoms with E-state index >= 15 is 0 Å². The van der Waals surface area contributed by atoms with E-state index in [1.807, 2.05) is 13.8 Å². The van der Waals surface area contributed by atoms with Gasteiger partial charge in [0.25, 0.3) is 0 Å². The van der Waals surface area contributed by atoms with Crippen LogP contribution in [0, 0.1) is 11.8 Å². The van der Waals surface area contributed by atoms with E-state index in [1.54, 1.807) is 0 Å². The summed E-state index contributed by atoms with van der Waals surface area (Å²) in [6.07, 6.45) is 5.58. The average Bonchev–Trinajstić information content (AvgIpc) is 2.60. The first-order chi connectivity index (χ1) is 12.7. The molecule has 0 aliphatic heterocycles. The lowest BCUT2D eigenvalue weighted by Gasteiger charge is -2.17. The van der Waals surface area contributed by atoms with Crippen LogP contribution in [0.15, 0.2) is 24.3 Å². The second-order valence-corrected chi connectivity index (χ2v) is 7.13. The zero-order valence-corrected chi connectivity index (χ0v) is 17.3. The summed E-state index contributed by atoms with van der Waals surface area (Å²) in [5.74, 6) is -4.71. The van der Waals surface area contributed by atoms with Gasteiger partial charge in [-0.25, -0.2) is 0 Å². The predicted molar refractivity (Wildman–Crippen MR) is 106 cm³/mol. The maximum absolute atomic E-state index is 12.5. The Morgan fingerprint density at radius 3 is 1.30 bits per heavy atom. The lowest BCUT2D eigenvalue weighted by Crippen LogP contribution is -2.33. The maximum Gasteiger partial charge on any atom is 0.324 e. The van der Waals surface area contributed by atoms with Crippen molar-refractivity contribution in [3.05, 3.63) is 24.3 Å². The minimum absolute atomic E-state index is 0.249. The van der Waals surface area contributed by atoms with E-state index in [1.165, 1.54) is 13.8 Å². The summed E-state index contributed by atoms with van der Waals surface area (Å²) in [6.45, 7) is 14.3. The Morgan fingerprint density at radius 2 is 1.04 bits per heavy atom. The van der Waals surface area contributed by atoms with Crippen LogP contribution in [-0.2, 0) is 23.9 Å². The number of hydrogen-bond donors (Lipinski definition) is 0. The SMILES string of the molecule is C=C(C)C(=O)C(CCCCC)C(=O)OC(=O)C(CCCCC)C(=O)C(=C)C. The number of unbranched alkanes of at least 4 members (excludes halogenated alkanes) is 4. The second kappa shape index (κ2) is 13.2. The Balaban J connectivity index is 5.23. The van der Waals surface area contributed by atoms with Gasteiger partial charge in [0.15, 0.2) is 11.6 Å². The van der Waals surface area contributed by atoms with Gasteiger partial charge in [0.05, 0.1) is 0 Å². The highest BCUT2D eigenvalue weighted by Gasteiger charge is 2.34. The molecule has 152 valence electrons. The summed E-state index contributed by atoms with van der Waals surface area (Å²) in [4.78, 5) is 49.5. The third kappa shape index (κ3) is 8.94. The molecule has 0 saturated carbocycles. The molecule has 0 aliphatic carbocycles. The van der Waals surface area contributed by atoms with Gasteiger partial charge in [-0.05, 0) is 37.8 Å². The first kappa shape index (κ1) is 25.0. The van der Waals surface area contributed by atoms with Crippen LogP contribution in [0.5, 0.6) is 0 Å². The molecule has 0 aromatic rings. The Labute approximate surface area is 163 Å². The van der Waals surface area contributed by atoms with Crippen LogP contribution in [0.4, 0.5) is 0 Å². The minimum Gasteiger partial charge on any atom is -0.392 e.